The molecule has 0 bridgehead atoms. The van der Waals surface area contributed by atoms with E-state index in [4.69, 9.17) is 0 Å². The van der Waals surface area contributed by atoms with E-state index < -0.39 is 5.91 Å². The fraction of sp³-hybridized carbons (Fsp3) is 0.182. The molecule has 2 aromatic heterocycles. The summed E-state index contributed by atoms with van der Waals surface area (Å²) < 4.78 is 1.41. The molecule has 0 spiro atoms. The lowest BCUT2D eigenvalue weighted by Gasteiger charge is -2.13. The van der Waals surface area contributed by atoms with Crippen LogP contribution in [0.1, 0.15) is 18.9 Å². The minimum atomic E-state index is -0.527. The van der Waals surface area contributed by atoms with Gasteiger partial charge in [0.1, 0.15) is 12.2 Å². The number of fused-ring (bicyclic) bond motifs is 5. The molecule has 1 aliphatic rings. The highest BCUT2D eigenvalue weighted by Gasteiger charge is 2.28. The van der Waals surface area contributed by atoms with Crippen LogP contribution in [0, 0.1) is 6.92 Å². The predicted molar refractivity (Wildman–Crippen MR) is 112 cm³/mol. The summed E-state index contributed by atoms with van der Waals surface area (Å²) in [6.07, 6.45) is 0.124. The Kier molecular flexibility index (Phi) is 3.67. The zero-order valence-corrected chi connectivity index (χ0v) is 16.0. The molecule has 1 aliphatic heterocycles. The molecule has 0 atom stereocenters. The van der Waals surface area contributed by atoms with Crippen molar-refractivity contribution in [3.63, 3.8) is 0 Å². The van der Waals surface area contributed by atoms with Crippen molar-refractivity contribution in [3.05, 3.63) is 58.4 Å². The van der Waals surface area contributed by atoms with Gasteiger partial charge in [0.2, 0.25) is 0 Å². The second-order valence-electron chi connectivity index (χ2n) is 7.45. The Morgan fingerprint density at radius 3 is 2.55 bits per heavy atom. The van der Waals surface area contributed by atoms with Gasteiger partial charge in [-0.15, -0.1) is 0 Å². The summed E-state index contributed by atoms with van der Waals surface area (Å²) >= 11 is 0. The van der Waals surface area contributed by atoms with Crippen LogP contribution in [0.5, 0.6) is 0 Å². The Morgan fingerprint density at radius 2 is 1.83 bits per heavy atom. The number of aromatic nitrogens is 2. The van der Waals surface area contributed by atoms with Crippen LogP contribution in [0.4, 0.5) is 0 Å². The number of benzene rings is 2. The average Bonchev–Trinajstić information content (AvgIpc) is 3.24. The number of nitrogens with zero attached hydrogens (tertiary/aromatic N) is 3. The Morgan fingerprint density at radius 1 is 1.07 bits per heavy atom. The maximum absolute atomic E-state index is 13.2. The minimum absolute atomic E-state index is 0.124. The zero-order chi connectivity index (χ0) is 20.3. The number of carbonyl (C=O) groups is 2. The van der Waals surface area contributed by atoms with E-state index in [0.717, 1.165) is 32.2 Å². The first-order valence-corrected chi connectivity index (χ1v) is 9.37. The molecule has 0 unspecified atom stereocenters. The van der Waals surface area contributed by atoms with Gasteiger partial charge in [0, 0.05) is 27.4 Å². The van der Waals surface area contributed by atoms with E-state index in [1.165, 1.54) is 4.57 Å². The standard InChI is InChI=1S/C22H18N4O3/c1-12-7-8-17-16(9-12)20-14-5-3-4-6-15(14)22(29)25(21(20)23-17)11-19(28)26-18(27)10-13(2)24-26/h3-9,23H,10-11H2,1-2H3. The third kappa shape index (κ3) is 2.58. The van der Waals surface area contributed by atoms with E-state index in [0.29, 0.717) is 16.7 Å². The van der Waals surface area contributed by atoms with Crippen LogP contribution in [-0.2, 0) is 16.1 Å². The Labute approximate surface area is 165 Å². The van der Waals surface area contributed by atoms with Gasteiger partial charge in [0.05, 0.1) is 6.42 Å². The van der Waals surface area contributed by atoms with Crippen molar-refractivity contribution in [2.75, 3.05) is 0 Å². The molecule has 0 radical (unpaired) electrons. The first kappa shape index (κ1) is 17.4. The summed E-state index contributed by atoms with van der Waals surface area (Å²) in [5.74, 6) is -0.898. The number of imide groups is 1. The van der Waals surface area contributed by atoms with E-state index in [1.54, 1.807) is 19.1 Å². The molecule has 5 rings (SSSR count). The molecule has 0 aliphatic carbocycles. The summed E-state index contributed by atoms with van der Waals surface area (Å²) in [5, 5.41) is 8.13. The molecule has 29 heavy (non-hydrogen) atoms. The smallest absolute Gasteiger partial charge is 0.270 e. The number of hydrazone groups is 1. The van der Waals surface area contributed by atoms with Crippen LogP contribution in [0.25, 0.3) is 32.7 Å². The van der Waals surface area contributed by atoms with Crippen molar-refractivity contribution in [3.8, 4) is 0 Å². The molecule has 0 fully saturated rings. The first-order valence-electron chi connectivity index (χ1n) is 9.37. The molecule has 0 saturated carbocycles. The minimum Gasteiger partial charge on any atom is -0.340 e. The average molecular weight is 386 g/mol. The molecule has 2 aromatic carbocycles. The van der Waals surface area contributed by atoms with Gasteiger partial charge in [-0.05, 0) is 37.4 Å². The molecule has 144 valence electrons. The van der Waals surface area contributed by atoms with E-state index in [1.807, 2.05) is 31.2 Å². The van der Waals surface area contributed by atoms with Gasteiger partial charge in [-0.1, -0.05) is 29.8 Å². The van der Waals surface area contributed by atoms with Gasteiger partial charge in [-0.25, -0.2) is 0 Å². The number of rotatable bonds is 2. The Balaban J connectivity index is 1.79. The van der Waals surface area contributed by atoms with Crippen LogP contribution in [0.3, 0.4) is 0 Å². The maximum Gasteiger partial charge on any atom is 0.270 e. The van der Waals surface area contributed by atoms with Crippen molar-refractivity contribution in [1.29, 1.82) is 0 Å². The fourth-order valence-electron chi connectivity index (χ4n) is 4.00. The van der Waals surface area contributed by atoms with Gasteiger partial charge in [0.15, 0.2) is 0 Å². The van der Waals surface area contributed by atoms with Crippen molar-refractivity contribution in [2.45, 2.75) is 26.8 Å². The number of pyridine rings is 1. The van der Waals surface area contributed by atoms with E-state index in [2.05, 4.69) is 16.2 Å². The molecule has 1 N–H and O–H groups in total. The topological polar surface area (TPSA) is 87.5 Å². The first-order chi connectivity index (χ1) is 13.9. The number of H-pyrrole nitrogens is 1. The number of amides is 2. The summed E-state index contributed by atoms with van der Waals surface area (Å²) in [5.41, 5.74) is 2.85. The van der Waals surface area contributed by atoms with Crippen LogP contribution >= 0.6 is 0 Å². The van der Waals surface area contributed by atoms with E-state index in [-0.39, 0.29) is 24.4 Å². The highest BCUT2D eigenvalue weighted by atomic mass is 16.2. The summed E-state index contributed by atoms with van der Waals surface area (Å²) in [4.78, 5) is 41.4. The molecule has 2 amide bonds. The van der Waals surface area contributed by atoms with E-state index in [9.17, 15) is 14.4 Å². The van der Waals surface area contributed by atoms with Gasteiger partial charge in [0.25, 0.3) is 17.4 Å². The lowest BCUT2D eigenvalue weighted by Crippen LogP contribution is -2.35. The quantitative estimate of drug-likeness (QED) is 0.574. The largest absolute Gasteiger partial charge is 0.340 e. The number of nitrogens with one attached hydrogen (secondary N) is 1. The lowest BCUT2D eigenvalue weighted by atomic mass is 10.1. The van der Waals surface area contributed by atoms with Crippen molar-refractivity contribution < 1.29 is 9.59 Å². The summed E-state index contributed by atoms with van der Waals surface area (Å²) in [7, 11) is 0. The monoisotopic (exact) mass is 386 g/mol. The highest BCUT2D eigenvalue weighted by Crippen LogP contribution is 2.31. The Hall–Kier alpha value is -3.74. The third-order valence-corrected chi connectivity index (χ3v) is 5.32. The third-order valence-electron chi connectivity index (χ3n) is 5.32. The second kappa shape index (κ2) is 6.13. The Bertz CT molecular complexity index is 1440. The SMILES string of the molecule is CC1=NN(C(=O)Cn2c(=O)c3ccccc3c3c4cc(C)ccc4[nH]c32)C(=O)C1. The van der Waals surface area contributed by atoms with Crippen LogP contribution in [0.2, 0.25) is 0 Å². The fourth-order valence-corrected chi connectivity index (χ4v) is 4.00. The van der Waals surface area contributed by atoms with Gasteiger partial charge in [-0.2, -0.15) is 10.1 Å². The summed E-state index contributed by atoms with van der Waals surface area (Å²) in [6, 6.07) is 13.4. The zero-order valence-electron chi connectivity index (χ0n) is 16.0. The number of hydrogen-bond donors (Lipinski definition) is 1. The lowest BCUT2D eigenvalue weighted by molar-refractivity contribution is -0.143. The maximum atomic E-state index is 13.2. The highest BCUT2D eigenvalue weighted by molar-refractivity contribution is 6.19. The molecule has 0 saturated heterocycles. The molecule has 4 aromatic rings. The predicted octanol–water partition coefficient (Wildman–Crippen LogP) is 3.08. The van der Waals surface area contributed by atoms with Gasteiger partial charge >= 0.3 is 0 Å². The molecular weight excluding hydrogens is 368 g/mol. The van der Waals surface area contributed by atoms with Crippen LogP contribution < -0.4 is 5.56 Å². The molecule has 3 heterocycles. The molecule has 7 heteroatoms. The second-order valence-corrected chi connectivity index (χ2v) is 7.45. The molecular formula is C22H18N4O3. The normalized spacial score (nSPS) is 14.3. The van der Waals surface area contributed by atoms with Crippen LogP contribution in [0.15, 0.2) is 52.4 Å². The van der Waals surface area contributed by atoms with Gasteiger partial charge < -0.3 is 4.98 Å². The molecule has 7 nitrogen and oxygen atoms in total. The van der Waals surface area contributed by atoms with E-state index >= 15 is 0 Å². The number of carbonyl (C=O) groups excluding carboxylic acids is 2. The summed E-state index contributed by atoms with van der Waals surface area (Å²) in [6.45, 7) is 3.44. The van der Waals surface area contributed by atoms with Gasteiger partial charge in [-0.3, -0.25) is 19.0 Å². The van der Waals surface area contributed by atoms with Crippen molar-refractivity contribution in [2.24, 2.45) is 5.10 Å². The number of aromatic amines is 1. The number of aryl methyl sites for hydroxylation is 1. The van der Waals surface area contributed by atoms with Crippen molar-refractivity contribution >= 4 is 50.2 Å². The van der Waals surface area contributed by atoms with Crippen LogP contribution in [-0.4, -0.2) is 32.1 Å². The number of hydrogen-bond acceptors (Lipinski definition) is 4. The van der Waals surface area contributed by atoms with Crippen molar-refractivity contribution in [1.82, 2.24) is 14.6 Å².